The number of ether oxygens (including phenoxy) is 1. The van der Waals surface area contributed by atoms with Crippen LogP contribution in [-0.4, -0.2) is 32.6 Å². The van der Waals surface area contributed by atoms with E-state index in [1.54, 1.807) is 6.07 Å². The van der Waals surface area contributed by atoms with E-state index in [4.69, 9.17) is 4.74 Å². The molecule has 0 amide bonds. The summed E-state index contributed by atoms with van der Waals surface area (Å²) in [4.78, 5) is 5.90. The molecule has 30 heavy (non-hydrogen) atoms. The van der Waals surface area contributed by atoms with E-state index >= 15 is 0 Å². The van der Waals surface area contributed by atoms with E-state index in [-0.39, 0.29) is 23.8 Å². The van der Waals surface area contributed by atoms with Crippen LogP contribution in [0.15, 0.2) is 42.5 Å². The lowest BCUT2D eigenvalue weighted by Crippen LogP contribution is -2.23. The lowest BCUT2D eigenvalue weighted by Gasteiger charge is -2.17. The van der Waals surface area contributed by atoms with Crippen molar-refractivity contribution in [1.82, 2.24) is 19.5 Å². The Morgan fingerprint density at radius 2 is 1.93 bits per heavy atom. The fraction of sp³-hybridized carbons (Fsp3) is 0.455. The summed E-state index contributed by atoms with van der Waals surface area (Å²) in [7, 11) is 0. The standard InChI is InChI=1S/C22H25F3N4O/c1-2-6-16-11-12-28(13-16)14-18-21(22(23,24)25)26-19-9-10-20(27-29(18)19)30-15-17-7-4-3-5-8-17/h3-5,7-10,16H,2,6,11-15H2,1H3. The first kappa shape index (κ1) is 20.7. The van der Waals surface area contributed by atoms with Gasteiger partial charge in [-0.2, -0.15) is 13.2 Å². The van der Waals surface area contributed by atoms with Crippen LogP contribution in [0.1, 0.15) is 43.1 Å². The molecule has 2 aromatic heterocycles. The lowest BCUT2D eigenvalue weighted by atomic mass is 10.0. The summed E-state index contributed by atoms with van der Waals surface area (Å²) in [6.07, 6.45) is -1.32. The summed E-state index contributed by atoms with van der Waals surface area (Å²) in [6.45, 7) is 4.20. The van der Waals surface area contributed by atoms with Crippen molar-refractivity contribution in [2.45, 2.75) is 45.5 Å². The Bertz CT molecular complexity index is 987. The highest BCUT2D eigenvalue weighted by atomic mass is 19.4. The molecule has 160 valence electrons. The Labute approximate surface area is 173 Å². The van der Waals surface area contributed by atoms with E-state index in [9.17, 15) is 13.2 Å². The van der Waals surface area contributed by atoms with Crippen LogP contribution >= 0.6 is 0 Å². The maximum atomic E-state index is 13.7. The number of likely N-dealkylation sites (tertiary alicyclic amines) is 1. The molecule has 5 nitrogen and oxygen atoms in total. The molecule has 8 heteroatoms. The van der Waals surface area contributed by atoms with E-state index in [1.165, 1.54) is 10.6 Å². The summed E-state index contributed by atoms with van der Waals surface area (Å²) in [5.41, 5.74) is 0.336. The van der Waals surface area contributed by atoms with E-state index in [0.29, 0.717) is 12.5 Å². The van der Waals surface area contributed by atoms with Crippen LogP contribution in [0.5, 0.6) is 5.88 Å². The summed E-state index contributed by atoms with van der Waals surface area (Å²) in [5.74, 6) is 0.810. The third-order valence-electron chi connectivity index (χ3n) is 5.48. The number of nitrogens with zero attached hydrogens (tertiary/aromatic N) is 4. The smallest absolute Gasteiger partial charge is 0.435 e. The van der Waals surface area contributed by atoms with Gasteiger partial charge in [0, 0.05) is 19.2 Å². The molecule has 0 radical (unpaired) electrons. The molecule has 0 aliphatic carbocycles. The highest BCUT2D eigenvalue weighted by molar-refractivity contribution is 5.44. The van der Waals surface area contributed by atoms with Gasteiger partial charge in [-0.3, -0.25) is 4.90 Å². The van der Waals surface area contributed by atoms with Crippen molar-refractivity contribution < 1.29 is 17.9 Å². The average Bonchev–Trinajstić information content (AvgIpc) is 3.32. The largest absolute Gasteiger partial charge is 0.472 e. The molecule has 1 aliphatic heterocycles. The second-order valence-corrected chi connectivity index (χ2v) is 7.80. The number of aromatic nitrogens is 3. The van der Waals surface area contributed by atoms with Crippen LogP contribution < -0.4 is 4.74 Å². The fourth-order valence-electron chi connectivity index (χ4n) is 4.05. The summed E-state index contributed by atoms with van der Waals surface area (Å²) in [5, 5.41) is 4.33. The minimum absolute atomic E-state index is 0.0693. The first-order valence-electron chi connectivity index (χ1n) is 10.3. The first-order valence-corrected chi connectivity index (χ1v) is 10.3. The lowest BCUT2D eigenvalue weighted by molar-refractivity contribution is -0.141. The molecular formula is C22H25F3N4O. The molecule has 1 atom stereocenters. The van der Waals surface area contributed by atoms with Crippen molar-refractivity contribution in [3.05, 3.63) is 59.4 Å². The minimum atomic E-state index is -4.53. The second-order valence-electron chi connectivity index (χ2n) is 7.80. The van der Waals surface area contributed by atoms with Gasteiger partial charge in [0.2, 0.25) is 5.88 Å². The van der Waals surface area contributed by atoms with Crippen LogP contribution in [-0.2, 0) is 19.3 Å². The average molecular weight is 418 g/mol. The SMILES string of the molecule is CCCC1CCN(Cc2c(C(F)(F)F)nc3ccc(OCc4ccccc4)nn23)C1. The van der Waals surface area contributed by atoms with Crippen LogP contribution in [0.3, 0.4) is 0 Å². The molecular weight excluding hydrogens is 393 g/mol. The molecule has 0 N–H and O–H groups in total. The van der Waals surface area contributed by atoms with Gasteiger partial charge in [0.1, 0.15) is 6.61 Å². The third kappa shape index (κ3) is 4.59. The zero-order valence-corrected chi connectivity index (χ0v) is 16.9. The van der Waals surface area contributed by atoms with Crippen molar-refractivity contribution in [2.24, 2.45) is 5.92 Å². The molecule has 1 aromatic carbocycles. The molecule has 1 unspecified atom stereocenters. The first-order chi connectivity index (χ1) is 14.4. The van der Waals surface area contributed by atoms with Crippen molar-refractivity contribution >= 4 is 5.65 Å². The van der Waals surface area contributed by atoms with Gasteiger partial charge in [0.25, 0.3) is 0 Å². The topological polar surface area (TPSA) is 42.7 Å². The predicted molar refractivity (Wildman–Crippen MR) is 107 cm³/mol. The predicted octanol–water partition coefficient (Wildman–Crippen LogP) is 4.95. The number of hydrogen-bond acceptors (Lipinski definition) is 4. The molecule has 3 aromatic rings. The van der Waals surface area contributed by atoms with Gasteiger partial charge < -0.3 is 4.74 Å². The number of benzene rings is 1. The Balaban J connectivity index is 1.60. The summed E-state index contributed by atoms with van der Waals surface area (Å²) in [6, 6.07) is 12.6. The van der Waals surface area contributed by atoms with Gasteiger partial charge in [-0.1, -0.05) is 43.7 Å². The zero-order chi connectivity index (χ0) is 21.1. The number of rotatable bonds is 7. The van der Waals surface area contributed by atoms with Gasteiger partial charge in [-0.15, -0.1) is 5.10 Å². The monoisotopic (exact) mass is 418 g/mol. The van der Waals surface area contributed by atoms with Crippen molar-refractivity contribution in [3.63, 3.8) is 0 Å². The van der Waals surface area contributed by atoms with Gasteiger partial charge in [-0.25, -0.2) is 9.50 Å². The van der Waals surface area contributed by atoms with E-state index < -0.39 is 11.9 Å². The molecule has 1 fully saturated rings. The number of halogens is 3. The van der Waals surface area contributed by atoms with Gasteiger partial charge in [0.15, 0.2) is 11.3 Å². The third-order valence-corrected chi connectivity index (χ3v) is 5.48. The molecule has 0 bridgehead atoms. The number of alkyl halides is 3. The van der Waals surface area contributed by atoms with E-state index in [2.05, 4.69) is 21.9 Å². The summed E-state index contributed by atoms with van der Waals surface area (Å²) < 4.78 is 48.0. The molecule has 0 spiro atoms. The number of imidazole rings is 1. The van der Waals surface area contributed by atoms with E-state index in [0.717, 1.165) is 37.9 Å². The Morgan fingerprint density at radius 1 is 1.13 bits per heavy atom. The Hall–Kier alpha value is -2.61. The highest BCUT2D eigenvalue weighted by Crippen LogP contribution is 2.33. The molecule has 4 rings (SSSR count). The number of fused-ring (bicyclic) bond motifs is 1. The molecule has 0 saturated carbocycles. The molecule has 1 aliphatic rings. The Morgan fingerprint density at radius 3 is 2.67 bits per heavy atom. The van der Waals surface area contributed by atoms with Crippen LogP contribution in [0.25, 0.3) is 5.65 Å². The second kappa shape index (κ2) is 8.63. The van der Waals surface area contributed by atoms with Crippen LogP contribution in [0.4, 0.5) is 13.2 Å². The van der Waals surface area contributed by atoms with Crippen LogP contribution in [0, 0.1) is 5.92 Å². The zero-order valence-electron chi connectivity index (χ0n) is 16.9. The quantitative estimate of drug-likeness (QED) is 0.545. The van der Waals surface area contributed by atoms with Gasteiger partial charge in [0.05, 0.1) is 5.69 Å². The van der Waals surface area contributed by atoms with E-state index in [1.807, 2.05) is 30.3 Å². The maximum absolute atomic E-state index is 13.7. The van der Waals surface area contributed by atoms with Gasteiger partial charge in [-0.05, 0) is 36.9 Å². The molecule has 3 heterocycles. The maximum Gasteiger partial charge on any atom is 0.435 e. The number of hydrogen-bond donors (Lipinski definition) is 0. The van der Waals surface area contributed by atoms with Crippen molar-refractivity contribution in [1.29, 1.82) is 0 Å². The minimum Gasteiger partial charge on any atom is -0.472 e. The van der Waals surface area contributed by atoms with Crippen molar-refractivity contribution in [3.8, 4) is 5.88 Å². The van der Waals surface area contributed by atoms with Gasteiger partial charge >= 0.3 is 6.18 Å². The fourth-order valence-corrected chi connectivity index (χ4v) is 4.05. The van der Waals surface area contributed by atoms with Crippen LogP contribution in [0.2, 0.25) is 0 Å². The normalized spacial score (nSPS) is 17.7. The summed E-state index contributed by atoms with van der Waals surface area (Å²) >= 11 is 0. The highest BCUT2D eigenvalue weighted by Gasteiger charge is 2.39. The van der Waals surface area contributed by atoms with Crippen molar-refractivity contribution in [2.75, 3.05) is 13.1 Å². The molecule has 1 saturated heterocycles. The Kier molecular flexibility index (Phi) is 5.94.